The molecule has 2 rings (SSSR count). The van der Waals surface area contributed by atoms with Crippen molar-refractivity contribution in [2.45, 2.75) is 17.8 Å². The molecule has 0 saturated heterocycles. The van der Waals surface area contributed by atoms with E-state index in [0.29, 0.717) is 0 Å². The van der Waals surface area contributed by atoms with E-state index in [2.05, 4.69) is 0 Å². The van der Waals surface area contributed by atoms with Crippen LogP contribution in [0.15, 0.2) is 48.3 Å². The quantitative estimate of drug-likeness (QED) is 0.742. The van der Waals surface area contributed by atoms with Gasteiger partial charge in [-0.3, -0.25) is 0 Å². The van der Waals surface area contributed by atoms with Gasteiger partial charge in [-0.05, 0) is 35.3 Å². The summed E-state index contributed by atoms with van der Waals surface area (Å²) >= 11 is 0. The van der Waals surface area contributed by atoms with Crippen LogP contribution in [0.25, 0.3) is 0 Å². The molecule has 0 amide bonds. The second-order valence-corrected chi connectivity index (χ2v) is 4.86. The zero-order valence-electron chi connectivity index (χ0n) is 20.5. The first kappa shape index (κ1) is 11.6. The number of alkyl halides is 6. The van der Waals surface area contributed by atoms with Gasteiger partial charge in [0.1, 0.15) is 0 Å². The summed E-state index contributed by atoms with van der Waals surface area (Å²) < 4.78 is 148. The number of carbonyl (C=O) groups is 2. The second-order valence-electron chi connectivity index (χ2n) is 4.86. The number of carboxylic acid groups (broad SMARTS) is 2. The SMILES string of the molecule is [2H]c1c([2H])c(C(c2c([2H])c([2H])c(C(=O)O)c([2H])c2[2H])(C(F)(F)F)C(F)(F)F)c([2H])c([2H])c1C(=O)O. The van der Waals surface area contributed by atoms with E-state index in [9.17, 15) is 35.9 Å². The van der Waals surface area contributed by atoms with Gasteiger partial charge in [-0.25, -0.2) is 9.59 Å². The number of carboxylic acids is 2. The van der Waals surface area contributed by atoms with Gasteiger partial charge in [0.05, 0.1) is 22.1 Å². The van der Waals surface area contributed by atoms with Gasteiger partial charge in [0.15, 0.2) is 0 Å². The van der Waals surface area contributed by atoms with E-state index >= 15 is 0 Å². The number of benzene rings is 2. The molecule has 0 heterocycles. The van der Waals surface area contributed by atoms with Gasteiger partial charge in [0, 0.05) is 0 Å². The van der Waals surface area contributed by atoms with Crippen molar-refractivity contribution in [1.82, 2.24) is 0 Å². The highest BCUT2D eigenvalue weighted by molar-refractivity contribution is 5.88. The van der Waals surface area contributed by atoms with Crippen LogP contribution in [0.5, 0.6) is 0 Å². The first-order valence-electron chi connectivity index (χ1n) is 10.5. The molecule has 4 nitrogen and oxygen atoms in total. The van der Waals surface area contributed by atoms with Crippen molar-refractivity contribution in [3.8, 4) is 0 Å². The minimum atomic E-state index is -6.73. The summed E-state index contributed by atoms with van der Waals surface area (Å²) in [6.07, 6.45) is -13.5. The van der Waals surface area contributed by atoms with Crippen molar-refractivity contribution in [2.24, 2.45) is 0 Å². The zero-order chi connectivity index (χ0) is 27.6. The van der Waals surface area contributed by atoms with Crippen molar-refractivity contribution >= 4 is 11.9 Å². The molecule has 10 heteroatoms. The van der Waals surface area contributed by atoms with Crippen molar-refractivity contribution in [1.29, 1.82) is 0 Å². The van der Waals surface area contributed by atoms with Gasteiger partial charge >= 0.3 is 24.3 Å². The molecule has 2 aromatic carbocycles. The Labute approximate surface area is 158 Å². The molecule has 144 valence electrons. The average Bonchev–Trinajstić information content (AvgIpc) is 2.67. The summed E-state index contributed by atoms with van der Waals surface area (Å²) in [6, 6.07) is -15.8. The lowest BCUT2D eigenvalue weighted by molar-refractivity contribution is -0.288. The molecule has 0 fully saturated rings. The summed E-state index contributed by atoms with van der Waals surface area (Å²) in [5.74, 6) is -4.43. The van der Waals surface area contributed by atoms with E-state index in [1.807, 2.05) is 0 Å². The first-order chi connectivity index (χ1) is 15.7. The number of hydrogen-bond acceptors (Lipinski definition) is 2. The van der Waals surface area contributed by atoms with Gasteiger partial charge in [-0.2, -0.15) is 26.3 Å². The number of halogens is 6. The maximum Gasteiger partial charge on any atom is 0.411 e. The van der Waals surface area contributed by atoms with Crippen molar-refractivity contribution in [2.75, 3.05) is 0 Å². The van der Waals surface area contributed by atoms with Gasteiger partial charge in [-0.1, -0.05) is 24.2 Å². The van der Waals surface area contributed by atoms with Crippen LogP contribution in [-0.2, 0) is 5.41 Å². The third-order valence-electron chi connectivity index (χ3n) is 3.28. The van der Waals surface area contributed by atoms with Gasteiger partial charge in [-0.15, -0.1) is 0 Å². The van der Waals surface area contributed by atoms with Crippen LogP contribution in [-0.4, -0.2) is 34.5 Å². The molecule has 0 aliphatic carbocycles. The standard InChI is InChI=1S/C17H10F6O4/c18-16(19,20)15(17(21,22)23,11-5-1-9(2-6-11)13(24)25)12-7-3-10(4-8-12)14(26)27/h1-8H,(H,24,25)(H,26,27)/i1D,2D,3D,4D,5D,6D,7D,8D. The average molecular weight is 400 g/mol. The van der Waals surface area contributed by atoms with Crippen molar-refractivity contribution in [3.05, 3.63) is 70.6 Å². The number of hydrogen-bond donors (Lipinski definition) is 2. The van der Waals surface area contributed by atoms with Crippen LogP contribution in [0.4, 0.5) is 26.3 Å². The fraction of sp³-hybridized carbons (Fsp3) is 0.176. The maximum atomic E-state index is 14.5. The number of rotatable bonds is 4. The van der Waals surface area contributed by atoms with Crippen LogP contribution < -0.4 is 0 Å². The second kappa shape index (κ2) is 6.60. The van der Waals surface area contributed by atoms with Crippen LogP contribution >= 0.6 is 0 Å². The molecular weight excluding hydrogens is 382 g/mol. The van der Waals surface area contributed by atoms with E-state index in [1.165, 1.54) is 0 Å². The summed E-state index contributed by atoms with van der Waals surface area (Å²) in [5, 5.41) is 18.1. The lowest BCUT2D eigenvalue weighted by atomic mass is 9.72. The molecule has 0 spiro atoms. The summed E-state index contributed by atoms with van der Waals surface area (Å²) in [6.45, 7) is 0. The van der Waals surface area contributed by atoms with Crippen molar-refractivity contribution < 1.29 is 57.1 Å². The predicted molar refractivity (Wildman–Crippen MR) is 79.7 cm³/mol. The molecule has 0 atom stereocenters. The largest absolute Gasteiger partial charge is 0.478 e. The van der Waals surface area contributed by atoms with Gasteiger partial charge in [0.2, 0.25) is 5.41 Å². The molecule has 0 aliphatic heterocycles. The van der Waals surface area contributed by atoms with E-state index in [-0.39, 0.29) is 0 Å². The summed E-state index contributed by atoms with van der Waals surface area (Å²) in [5.41, 5.74) is -14.0. The van der Waals surface area contributed by atoms with Crippen LogP contribution in [0.1, 0.15) is 42.8 Å². The van der Waals surface area contributed by atoms with Crippen LogP contribution in [0, 0.1) is 0 Å². The molecular formula is C17H10F6O4. The van der Waals surface area contributed by atoms with Gasteiger partial charge in [0.25, 0.3) is 0 Å². The Hall–Kier alpha value is -3.04. The molecule has 27 heavy (non-hydrogen) atoms. The smallest absolute Gasteiger partial charge is 0.411 e. The molecule has 0 bridgehead atoms. The minimum Gasteiger partial charge on any atom is -0.478 e. The first-order valence-corrected chi connectivity index (χ1v) is 6.49. The normalized spacial score (nSPS) is 16.8. The molecule has 0 radical (unpaired) electrons. The lowest BCUT2D eigenvalue weighted by Crippen LogP contribution is -2.54. The topological polar surface area (TPSA) is 74.6 Å². The Bertz CT molecular complexity index is 1120. The molecule has 0 unspecified atom stereocenters. The molecule has 0 aliphatic rings. The maximum absolute atomic E-state index is 14.5. The predicted octanol–water partition coefficient (Wildman–Crippen LogP) is 4.49. The zero-order valence-corrected chi connectivity index (χ0v) is 12.5. The number of aromatic carboxylic acids is 2. The fourth-order valence-electron chi connectivity index (χ4n) is 2.07. The fourth-order valence-corrected chi connectivity index (χ4v) is 2.07. The third kappa shape index (κ3) is 3.34. The van der Waals surface area contributed by atoms with Gasteiger partial charge < -0.3 is 10.2 Å². The molecule has 0 aromatic heterocycles. The summed E-state index contributed by atoms with van der Waals surface area (Å²) in [4.78, 5) is 22.5. The molecule has 0 saturated carbocycles. The summed E-state index contributed by atoms with van der Waals surface area (Å²) in [7, 11) is 0. The molecule has 2 aromatic rings. The monoisotopic (exact) mass is 400 g/mol. The van der Waals surface area contributed by atoms with E-state index in [0.717, 1.165) is 0 Å². The lowest BCUT2D eigenvalue weighted by Gasteiger charge is -2.38. The third-order valence-corrected chi connectivity index (χ3v) is 3.28. The van der Waals surface area contributed by atoms with E-state index in [1.54, 1.807) is 0 Å². The van der Waals surface area contributed by atoms with E-state index in [4.69, 9.17) is 21.2 Å². The Balaban J connectivity index is 3.44. The Morgan fingerprint density at radius 2 is 0.926 bits per heavy atom. The highest BCUT2D eigenvalue weighted by Gasteiger charge is 2.72. The van der Waals surface area contributed by atoms with E-state index < -0.39 is 100 Å². The Morgan fingerprint density at radius 3 is 1.11 bits per heavy atom. The highest BCUT2D eigenvalue weighted by atomic mass is 19.4. The van der Waals surface area contributed by atoms with Crippen molar-refractivity contribution in [3.63, 3.8) is 0 Å². The Morgan fingerprint density at radius 1 is 0.667 bits per heavy atom. The van der Waals surface area contributed by atoms with Crippen LogP contribution in [0.2, 0.25) is 0 Å². The van der Waals surface area contributed by atoms with Crippen LogP contribution in [0.3, 0.4) is 0 Å². The highest BCUT2D eigenvalue weighted by Crippen LogP contribution is 2.56. The Kier molecular flexibility index (Phi) is 2.84. The molecule has 2 N–H and O–H groups in total. The minimum absolute atomic E-state index is 1.57.